The van der Waals surface area contributed by atoms with E-state index in [0.717, 1.165) is 6.07 Å². The van der Waals surface area contributed by atoms with Gasteiger partial charge >= 0.3 is 6.18 Å². The maximum Gasteiger partial charge on any atom is 0.416 e. The second-order valence-electron chi connectivity index (χ2n) is 5.73. The summed E-state index contributed by atoms with van der Waals surface area (Å²) in [5, 5.41) is 12.7. The zero-order valence-electron chi connectivity index (χ0n) is 12.2. The number of hydrogen-bond donors (Lipinski definition) is 2. The summed E-state index contributed by atoms with van der Waals surface area (Å²) in [7, 11) is 0. The molecule has 1 heterocycles. The molecule has 1 atom stereocenters. The van der Waals surface area contributed by atoms with Gasteiger partial charge in [0.2, 0.25) is 0 Å². The third-order valence-electron chi connectivity index (χ3n) is 3.65. The monoisotopic (exact) mass is 302 g/mol. The molecule has 2 rings (SSSR count). The Labute approximate surface area is 122 Å². The first-order valence-electron chi connectivity index (χ1n) is 7.14. The Hall–Kier alpha value is -1.27. The lowest BCUT2D eigenvalue weighted by atomic mass is 10.0. The van der Waals surface area contributed by atoms with Gasteiger partial charge in [-0.25, -0.2) is 0 Å². The van der Waals surface area contributed by atoms with Crippen molar-refractivity contribution in [1.82, 2.24) is 5.32 Å². The number of rotatable bonds is 4. The second-order valence-corrected chi connectivity index (χ2v) is 5.73. The van der Waals surface area contributed by atoms with Crippen LogP contribution in [0, 0.1) is 0 Å². The molecule has 0 amide bonds. The van der Waals surface area contributed by atoms with Crippen LogP contribution in [-0.4, -0.2) is 30.3 Å². The maximum atomic E-state index is 13.2. The SMILES string of the molecule is CC(C)NCc1c(N2CCC(O)C2)cccc1C(F)(F)F. The zero-order valence-corrected chi connectivity index (χ0v) is 12.2. The smallest absolute Gasteiger partial charge is 0.391 e. The number of nitrogens with zero attached hydrogens (tertiary/aromatic N) is 1. The van der Waals surface area contributed by atoms with Crippen molar-refractivity contribution in [2.24, 2.45) is 0 Å². The minimum atomic E-state index is -4.37. The molecule has 0 bridgehead atoms. The highest BCUT2D eigenvalue weighted by atomic mass is 19.4. The van der Waals surface area contributed by atoms with Gasteiger partial charge in [-0.3, -0.25) is 0 Å². The third kappa shape index (κ3) is 3.89. The average Bonchev–Trinajstić information content (AvgIpc) is 2.81. The molecule has 1 aliphatic rings. The Bertz CT molecular complexity index is 488. The van der Waals surface area contributed by atoms with Crippen LogP contribution >= 0.6 is 0 Å². The van der Waals surface area contributed by atoms with Crippen LogP contribution in [0.25, 0.3) is 0 Å². The molecule has 1 fully saturated rings. The van der Waals surface area contributed by atoms with Crippen molar-refractivity contribution in [3.63, 3.8) is 0 Å². The zero-order chi connectivity index (χ0) is 15.6. The quantitative estimate of drug-likeness (QED) is 0.898. The van der Waals surface area contributed by atoms with Crippen molar-refractivity contribution in [2.75, 3.05) is 18.0 Å². The van der Waals surface area contributed by atoms with Crippen molar-refractivity contribution < 1.29 is 18.3 Å². The molecule has 6 heteroatoms. The van der Waals surface area contributed by atoms with Crippen molar-refractivity contribution in [1.29, 1.82) is 0 Å². The molecule has 0 spiro atoms. The normalized spacial score (nSPS) is 19.6. The minimum absolute atomic E-state index is 0.100. The van der Waals surface area contributed by atoms with Crippen LogP contribution in [0.2, 0.25) is 0 Å². The van der Waals surface area contributed by atoms with Gasteiger partial charge in [0, 0.05) is 36.9 Å². The van der Waals surface area contributed by atoms with Gasteiger partial charge in [-0.1, -0.05) is 19.9 Å². The molecule has 0 radical (unpaired) electrons. The molecule has 1 aliphatic heterocycles. The Morgan fingerprint density at radius 3 is 2.62 bits per heavy atom. The average molecular weight is 302 g/mol. The van der Waals surface area contributed by atoms with Crippen LogP contribution in [0.15, 0.2) is 18.2 Å². The van der Waals surface area contributed by atoms with E-state index < -0.39 is 17.8 Å². The van der Waals surface area contributed by atoms with Gasteiger partial charge in [-0.2, -0.15) is 13.2 Å². The lowest BCUT2D eigenvalue weighted by Crippen LogP contribution is -2.28. The summed E-state index contributed by atoms with van der Waals surface area (Å²) < 4.78 is 39.7. The molecule has 0 aliphatic carbocycles. The molecule has 21 heavy (non-hydrogen) atoms. The highest BCUT2D eigenvalue weighted by Gasteiger charge is 2.35. The summed E-state index contributed by atoms with van der Waals surface area (Å²) in [6, 6.07) is 4.35. The van der Waals surface area contributed by atoms with Crippen LogP contribution in [0.5, 0.6) is 0 Å². The van der Waals surface area contributed by atoms with Crippen LogP contribution in [0.4, 0.5) is 18.9 Å². The first kappa shape index (κ1) is 16.1. The van der Waals surface area contributed by atoms with E-state index in [-0.39, 0.29) is 18.2 Å². The fourth-order valence-electron chi connectivity index (χ4n) is 2.59. The standard InChI is InChI=1S/C15H21F3N2O/c1-10(2)19-8-12-13(15(16,17)18)4-3-5-14(12)20-7-6-11(21)9-20/h3-5,10-11,19,21H,6-9H2,1-2H3. The number of halogens is 3. The van der Waals surface area contributed by atoms with Gasteiger partial charge < -0.3 is 15.3 Å². The fourth-order valence-corrected chi connectivity index (χ4v) is 2.59. The first-order chi connectivity index (χ1) is 9.79. The van der Waals surface area contributed by atoms with E-state index in [1.807, 2.05) is 18.7 Å². The van der Waals surface area contributed by atoms with Gasteiger partial charge in [0.1, 0.15) is 0 Å². The van der Waals surface area contributed by atoms with Crippen molar-refractivity contribution in [3.8, 4) is 0 Å². The number of hydrogen-bond acceptors (Lipinski definition) is 3. The number of anilines is 1. The summed E-state index contributed by atoms with van der Waals surface area (Å²) >= 11 is 0. The van der Waals surface area contributed by atoms with Gasteiger partial charge in [-0.05, 0) is 18.6 Å². The van der Waals surface area contributed by atoms with E-state index in [0.29, 0.717) is 25.2 Å². The van der Waals surface area contributed by atoms with Crippen LogP contribution in [-0.2, 0) is 12.7 Å². The predicted molar refractivity (Wildman–Crippen MR) is 76.3 cm³/mol. The van der Waals surface area contributed by atoms with E-state index in [1.165, 1.54) is 6.07 Å². The molecule has 1 unspecified atom stereocenters. The van der Waals surface area contributed by atoms with E-state index in [2.05, 4.69) is 5.32 Å². The largest absolute Gasteiger partial charge is 0.416 e. The number of nitrogens with one attached hydrogen (secondary N) is 1. The number of aliphatic hydroxyl groups is 1. The molecule has 1 saturated heterocycles. The lowest BCUT2D eigenvalue weighted by Gasteiger charge is -2.25. The first-order valence-corrected chi connectivity index (χ1v) is 7.14. The Morgan fingerprint density at radius 2 is 2.10 bits per heavy atom. The van der Waals surface area contributed by atoms with Crippen molar-refractivity contribution in [2.45, 2.75) is 45.1 Å². The van der Waals surface area contributed by atoms with Gasteiger partial charge in [0.15, 0.2) is 0 Å². The Morgan fingerprint density at radius 1 is 1.38 bits per heavy atom. The topological polar surface area (TPSA) is 35.5 Å². The van der Waals surface area contributed by atoms with Crippen LogP contribution in [0.3, 0.4) is 0 Å². The van der Waals surface area contributed by atoms with Gasteiger partial charge in [-0.15, -0.1) is 0 Å². The van der Waals surface area contributed by atoms with Crippen LogP contribution in [0.1, 0.15) is 31.4 Å². The molecule has 1 aromatic rings. The van der Waals surface area contributed by atoms with Gasteiger partial charge in [0.05, 0.1) is 11.7 Å². The number of alkyl halides is 3. The molecular weight excluding hydrogens is 281 g/mol. The molecule has 0 saturated carbocycles. The molecule has 118 valence electrons. The van der Waals surface area contributed by atoms with Gasteiger partial charge in [0.25, 0.3) is 0 Å². The Balaban J connectivity index is 2.38. The summed E-state index contributed by atoms with van der Waals surface area (Å²) in [5.74, 6) is 0. The summed E-state index contributed by atoms with van der Waals surface area (Å²) in [5.41, 5.74) is 0.219. The third-order valence-corrected chi connectivity index (χ3v) is 3.65. The predicted octanol–water partition coefficient (Wildman–Crippen LogP) is 2.77. The molecule has 3 nitrogen and oxygen atoms in total. The summed E-state index contributed by atoms with van der Waals surface area (Å²) in [4.78, 5) is 1.83. The van der Waals surface area contributed by atoms with E-state index >= 15 is 0 Å². The van der Waals surface area contributed by atoms with E-state index in [4.69, 9.17) is 0 Å². The molecule has 1 aromatic carbocycles. The number of aliphatic hydroxyl groups excluding tert-OH is 1. The minimum Gasteiger partial charge on any atom is -0.391 e. The van der Waals surface area contributed by atoms with Crippen molar-refractivity contribution >= 4 is 5.69 Å². The molecule has 0 aromatic heterocycles. The second kappa shape index (κ2) is 6.23. The fraction of sp³-hybridized carbons (Fsp3) is 0.600. The van der Waals surface area contributed by atoms with E-state index in [1.54, 1.807) is 6.07 Å². The van der Waals surface area contributed by atoms with Crippen LogP contribution < -0.4 is 10.2 Å². The lowest BCUT2D eigenvalue weighted by molar-refractivity contribution is -0.138. The van der Waals surface area contributed by atoms with E-state index in [9.17, 15) is 18.3 Å². The Kier molecular flexibility index (Phi) is 4.78. The van der Waals surface area contributed by atoms with Crippen molar-refractivity contribution in [3.05, 3.63) is 29.3 Å². The molecule has 2 N–H and O–H groups in total. The highest BCUT2D eigenvalue weighted by Crippen LogP contribution is 2.37. The summed E-state index contributed by atoms with van der Waals surface area (Å²) in [6.45, 7) is 4.92. The number of benzene rings is 1. The highest BCUT2D eigenvalue weighted by molar-refractivity contribution is 5.58. The summed E-state index contributed by atoms with van der Waals surface area (Å²) in [6.07, 6.45) is -4.25. The molecular formula is C15H21F3N2O. The maximum absolute atomic E-state index is 13.2. The number of β-amino-alcohol motifs (C(OH)–C–C–N with tert-alkyl or cyclic N) is 1.